The molecule has 0 spiro atoms. The van der Waals surface area contributed by atoms with E-state index >= 15 is 0 Å². The van der Waals surface area contributed by atoms with Gasteiger partial charge in [0.15, 0.2) is 6.10 Å². The Balaban J connectivity index is 1.43. The average molecular weight is 586 g/mol. The van der Waals surface area contributed by atoms with Crippen molar-refractivity contribution in [2.24, 2.45) is 5.73 Å². The van der Waals surface area contributed by atoms with E-state index in [1.807, 2.05) is 121 Å². The summed E-state index contributed by atoms with van der Waals surface area (Å²) in [4.78, 5) is 13.3. The minimum atomic E-state index is -0.907. The highest BCUT2D eigenvalue weighted by Crippen LogP contribution is 2.38. The van der Waals surface area contributed by atoms with Gasteiger partial charge in [0.2, 0.25) is 0 Å². The van der Waals surface area contributed by atoms with Crippen molar-refractivity contribution in [3.63, 3.8) is 0 Å². The molecule has 0 saturated carbocycles. The Kier molecular flexibility index (Phi) is 11.0. The number of primary amides is 1. The first-order valence-electron chi connectivity index (χ1n) is 13.9. The van der Waals surface area contributed by atoms with Gasteiger partial charge in [-0.25, -0.2) is 4.79 Å². The number of thioether (sulfide) groups is 1. The molecule has 8 heteroatoms. The van der Waals surface area contributed by atoms with Crippen molar-refractivity contribution in [1.82, 2.24) is 0 Å². The summed E-state index contributed by atoms with van der Waals surface area (Å²) in [5.41, 5.74) is 8.09. The molecular weight excluding hydrogens is 550 g/mol. The van der Waals surface area contributed by atoms with Crippen LogP contribution in [-0.4, -0.2) is 42.6 Å². The molecule has 0 aromatic heterocycles. The van der Waals surface area contributed by atoms with Crippen LogP contribution in [-0.2, 0) is 43.5 Å². The van der Waals surface area contributed by atoms with Crippen LogP contribution in [0.15, 0.2) is 126 Å². The van der Waals surface area contributed by atoms with E-state index in [4.69, 9.17) is 29.4 Å². The van der Waals surface area contributed by atoms with E-state index in [1.54, 1.807) is 0 Å². The summed E-state index contributed by atoms with van der Waals surface area (Å²) in [5.74, 6) is 0. The van der Waals surface area contributed by atoms with Gasteiger partial charge in [-0.05, 0) is 28.8 Å². The number of ether oxygens (including phenoxy) is 5. The Morgan fingerprint density at radius 3 is 1.64 bits per heavy atom. The fraction of sp³-hybridized carbons (Fsp3) is 0.265. The molecule has 7 nitrogen and oxygen atoms in total. The van der Waals surface area contributed by atoms with Crippen LogP contribution in [0, 0.1) is 0 Å². The molecule has 0 bridgehead atoms. The number of hydrogen-bond acceptors (Lipinski definition) is 7. The van der Waals surface area contributed by atoms with Crippen LogP contribution in [0.25, 0.3) is 0 Å². The Morgan fingerprint density at radius 2 is 1.12 bits per heavy atom. The molecule has 0 radical (unpaired) electrons. The van der Waals surface area contributed by atoms with Crippen LogP contribution in [0.1, 0.15) is 16.7 Å². The molecule has 4 aromatic rings. The molecule has 1 saturated heterocycles. The first-order valence-corrected chi connectivity index (χ1v) is 14.8. The Hall–Kier alpha value is -3.66. The van der Waals surface area contributed by atoms with E-state index in [-0.39, 0.29) is 13.2 Å². The Bertz CT molecular complexity index is 1350. The summed E-state index contributed by atoms with van der Waals surface area (Å²) in [6.45, 7) is 1.19. The summed E-state index contributed by atoms with van der Waals surface area (Å²) in [6, 6.07) is 39.5. The lowest BCUT2D eigenvalue weighted by Gasteiger charge is -2.45. The second kappa shape index (κ2) is 15.5. The van der Waals surface area contributed by atoms with Gasteiger partial charge >= 0.3 is 6.09 Å². The molecule has 1 amide bonds. The predicted octanol–water partition coefficient (Wildman–Crippen LogP) is 6.36. The van der Waals surface area contributed by atoms with Gasteiger partial charge < -0.3 is 29.4 Å². The summed E-state index contributed by atoms with van der Waals surface area (Å²) >= 11 is 1.50. The smallest absolute Gasteiger partial charge is 0.404 e. The molecule has 42 heavy (non-hydrogen) atoms. The molecule has 5 rings (SSSR count). The van der Waals surface area contributed by atoms with Crippen LogP contribution in [0.4, 0.5) is 4.79 Å². The van der Waals surface area contributed by atoms with Crippen molar-refractivity contribution < 1.29 is 28.5 Å². The number of hydrogen-bond donors (Lipinski definition) is 1. The zero-order chi connectivity index (χ0) is 29.0. The van der Waals surface area contributed by atoms with Gasteiger partial charge in [-0.2, -0.15) is 0 Å². The summed E-state index contributed by atoms with van der Waals surface area (Å²) in [6.07, 6.45) is -3.72. The highest BCUT2D eigenvalue weighted by atomic mass is 32.2. The van der Waals surface area contributed by atoms with Crippen molar-refractivity contribution in [2.75, 3.05) is 6.61 Å². The zero-order valence-corrected chi connectivity index (χ0v) is 24.0. The average Bonchev–Trinajstić information content (AvgIpc) is 3.02. The van der Waals surface area contributed by atoms with Gasteiger partial charge in [0.05, 0.1) is 26.4 Å². The van der Waals surface area contributed by atoms with Gasteiger partial charge in [-0.15, -0.1) is 0 Å². The quantitative estimate of drug-likeness (QED) is 0.195. The minimum Gasteiger partial charge on any atom is -0.441 e. The number of rotatable bonds is 13. The van der Waals surface area contributed by atoms with Gasteiger partial charge in [0.1, 0.15) is 23.7 Å². The van der Waals surface area contributed by atoms with Gasteiger partial charge in [0.25, 0.3) is 0 Å². The molecule has 0 unspecified atom stereocenters. The van der Waals surface area contributed by atoms with Crippen LogP contribution >= 0.6 is 11.8 Å². The molecule has 218 valence electrons. The topological polar surface area (TPSA) is 89.2 Å². The van der Waals surface area contributed by atoms with E-state index in [9.17, 15) is 4.79 Å². The fourth-order valence-corrected chi connectivity index (χ4v) is 5.94. The largest absolute Gasteiger partial charge is 0.441 e. The standard InChI is InChI=1S/C34H35NO6S/c35-34(36)41-31-30(38-22-26-15-7-2-8-16-26)29(24-37-21-25-13-5-1-6-14-25)40-33(42-28-19-11-4-12-20-28)32(31)39-23-27-17-9-3-10-18-27/h1-20,29-33H,21-24H2,(H2,35,36)/t29-,30-,31+,32+,33-/m1/s1. The zero-order valence-electron chi connectivity index (χ0n) is 23.2. The van der Waals surface area contributed by atoms with Gasteiger partial charge in [-0.1, -0.05) is 121 Å². The van der Waals surface area contributed by atoms with E-state index in [1.165, 1.54) is 11.8 Å². The van der Waals surface area contributed by atoms with Crippen LogP contribution < -0.4 is 5.73 Å². The molecule has 1 heterocycles. The van der Waals surface area contributed by atoms with E-state index in [0.29, 0.717) is 13.2 Å². The highest BCUT2D eigenvalue weighted by molar-refractivity contribution is 7.99. The number of nitrogens with two attached hydrogens (primary N) is 1. The second-order valence-corrected chi connectivity index (χ2v) is 11.1. The number of carbonyl (C=O) groups excluding carboxylic acids is 1. The van der Waals surface area contributed by atoms with Gasteiger partial charge in [-0.3, -0.25) is 0 Å². The summed E-state index contributed by atoms with van der Waals surface area (Å²) in [7, 11) is 0. The van der Waals surface area contributed by atoms with Crippen molar-refractivity contribution in [2.45, 2.75) is 54.6 Å². The number of amides is 1. The van der Waals surface area contributed by atoms with Crippen molar-refractivity contribution in [3.8, 4) is 0 Å². The van der Waals surface area contributed by atoms with Crippen molar-refractivity contribution in [3.05, 3.63) is 138 Å². The number of carbonyl (C=O) groups is 1. The lowest BCUT2D eigenvalue weighted by atomic mass is 9.99. The van der Waals surface area contributed by atoms with Crippen LogP contribution in [0.2, 0.25) is 0 Å². The minimum absolute atomic E-state index is 0.213. The predicted molar refractivity (Wildman–Crippen MR) is 162 cm³/mol. The van der Waals surface area contributed by atoms with Crippen LogP contribution in [0.3, 0.4) is 0 Å². The normalized spacial score (nSPS) is 22.0. The first kappa shape index (κ1) is 29.8. The lowest BCUT2D eigenvalue weighted by Crippen LogP contribution is -2.61. The Labute approximate surface area is 250 Å². The lowest BCUT2D eigenvalue weighted by molar-refractivity contribution is -0.239. The number of benzene rings is 4. The summed E-state index contributed by atoms with van der Waals surface area (Å²) < 4.78 is 31.5. The van der Waals surface area contributed by atoms with E-state index < -0.39 is 35.9 Å². The molecule has 1 aliphatic heterocycles. The fourth-order valence-electron chi connectivity index (χ4n) is 4.79. The first-order chi connectivity index (χ1) is 20.7. The van der Waals surface area contributed by atoms with Gasteiger partial charge in [0, 0.05) is 4.90 Å². The van der Waals surface area contributed by atoms with Crippen molar-refractivity contribution >= 4 is 17.9 Å². The molecule has 5 atom stereocenters. The molecule has 2 N–H and O–H groups in total. The molecular formula is C34H35NO6S. The van der Waals surface area contributed by atoms with Crippen LogP contribution in [0.5, 0.6) is 0 Å². The molecule has 1 aliphatic rings. The Morgan fingerprint density at radius 1 is 0.643 bits per heavy atom. The third-order valence-electron chi connectivity index (χ3n) is 6.80. The third-order valence-corrected chi connectivity index (χ3v) is 7.96. The SMILES string of the molecule is NC(=O)O[C@@H]1[C@H](OCc2ccccc2)[C@@H](Sc2ccccc2)O[C@H](COCc2ccccc2)[C@H]1OCc1ccccc1. The maximum absolute atomic E-state index is 12.3. The monoisotopic (exact) mass is 585 g/mol. The molecule has 0 aliphatic carbocycles. The maximum Gasteiger partial charge on any atom is 0.404 e. The van der Waals surface area contributed by atoms with E-state index in [2.05, 4.69) is 0 Å². The molecule has 1 fully saturated rings. The summed E-state index contributed by atoms with van der Waals surface area (Å²) in [5, 5.41) is 0. The molecule has 4 aromatic carbocycles. The van der Waals surface area contributed by atoms with Crippen molar-refractivity contribution in [1.29, 1.82) is 0 Å². The van der Waals surface area contributed by atoms with E-state index in [0.717, 1.165) is 21.6 Å². The second-order valence-electron chi connectivity index (χ2n) is 9.90. The maximum atomic E-state index is 12.3. The third kappa shape index (κ3) is 8.67. The highest BCUT2D eigenvalue weighted by Gasteiger charge is 2.50.